The molecule has 1 N–H and O–H groups in total. The van der Waals surface area contributed by atoms with Crippen LogP contribution in [0.3, 0.4) is 0 Å². The van der Waals surface area contributed by atoms with E-state index in [9.17, 15) is 0 Å². The highest BCUT2D eigenvalue weighted by Crippen LogP contribution is 2.02. The van der Waals surface area contributed by atoms with E-state index in [1.165, 1.54) is 45.7 Å². The third-order valence-electron chi connectivity index (χ3n) is 3.09. The highest BCUT2D eigenvalue weighted by atomic mass is 15.3. The fourth-order valence-corrected chi connectivity index (χ4v) is 2.14. The zero-order chi connectivity index (χ0) is 12.0. The third-order valence-corrected chi connectivity index (χ3v) is 3.09. The van der Waals surface area contributed by atoms with Gasteiger partial charge in [0.15, 0.2) is 0 Å². The second kappa shape index (κ2) is 6.58. The molecule has 0 radical (unpaired) electrons. The zero-order valence-corrected chi connectivity index (χ0v) is 11.6. The minimum absolute atomic E-state index is 0.254. The van der Waals surface area contributed by atoms with Crippen molar-refractivity contribution >= 4 is 0 Å². The van der Waals surface area contributed by atoms with Gasteiger partial charge in [-0.15, -0.1) is 0 Å². The van der Waals surface area contributed by atoms with Crippen molar-refractivity contribution in [2.45, 2.75) is 39.7 Å². The summed E-state index contributed by atoms with van der Waals surface area (Å²) in [5.74, 6) is 0. The minimum Gasteiger partial charge on any atom is -0.311 e. The second-order valence-corrected chi connectivity index (χ2v) is 5.86. The van der Waals surface area contributed by atoms with E-state index in [0.29, 0.717) is 0 Å². The van der Waals surface area contributed by atoms with Crippen LogP contribution in [0.15, 0.2) is 0 Å². The first-order chi connectivity index (χ1) is 7.51. The Morgan fingerprint density at radius 1 is 0.938 bits per heavy atom. The summed E-state index contributed by atoms with van der Waals surface area (Å²) < 4.78 is 0. The predicted molar refractivity (Wildman–Crippen MR) is 70.9 cm³/mol. The summed E-state index contributed by atoms with van der Waals surface area (Å²) >= 11 is 0. The van der Waals surface area contributed by atoms with Crippen molar-refractivity contribution in [2.75, 3.05) is 45.8 Å². The molecule has 1 heterocycles. The van der Waals surface area contributed by atoms with E-state index in [0.717, 1.165) is 6.54 Å². The summed E-state index contributed by atoms with van der Waals surface area (Å²) in [6.45, 7) is 17.5. The van der Waals surface area contributed by atoms with Gasteiger partial charge in [-0.25, -0.2) is 0 Å². The van der Waals surface area contributed by atoms with Gasteiger partial charge in [-0.2, -0.15) is 0 Å². The monoisotopic (exact) mass is 227 g/mol. The van der Waals surface area contributed by atoms with Crippen molar-refractivity contribution in [1.29, 1.82) is 0 Å². The van der Waals surface area contributed by atoms with Crippen LogP contribution in [0.5, 0.6) is 0 Å². The van der Waals surface area contributed by atoms with Crippen molar-refractivity contribution < 1.29 is 0 Å². The first kappa shape index (κ1) is 13.9. The first-order valence-corrected chi connectivity index (χ1v) is 6.71. The van der Waals surface area contributed by atoms with Crippen LogP contribution in [-0.2, 0) is 0 Å². The Kier molecular flexibility index (Phi) is 5.73. The average molecular weight is 227 g/mol. The molecule has 0 aliphatic carbocycles. The maximum Gasteiger partial charge on any atom is 0.0110 e. The Morgan fingerprint density at radius 2 is 1.44 bits per heavy atom. The number of hydrogen-bond acceptors (Lipinski definition) is 3. The smallest absolute Gasteiger partial charge is 0.0110 e. The Bertz CT molecular complexity index is 178. The topological polar surface area (TPSA) is 18.5 Å². The van der Waals surface area contributed by atoms with E-state index in [1.54, 1.807) is 0 Å². The molecular weight excluding hydrogens is 198 g/mol. The average Bonchev–Trinajstić information content (AvgIpc) is 2.19. The molecule has 1 saturated heterocycles. The van der Waals surface area contributed by atoms with Crippen LogP contribution in [0, 0.1) is 0 Å². The van der Waals surface area contributed by atoms with Gasteiger partial charge in [-0.05, 0) is 33.7 Å². The van der Waals surface area contributed by atoms with Gasteiger partial charge in [-0.1, -0.05) is 6.92 Å². The maximum atomic E-state index is 3.55. The van der Waals surface area contributed by atoms with E-state index in [-0.39, 0.29) is 5.54 Å². The summed E-state index contributed by atoms with van der Waals surface area (Å²) in [6, 6.07) is 0. The van der Waals surface area contributed by atoms with Gasteiger partial charge >= 0.3 is 0 Å². The van der Waals surface area contributed by atoms with Crippen LogP contribution in [-0.4, -0.2) is 61.2 Å². The Balaban J connectivity index is 2.08. The van der Waals surface area contributed by atoms with Crippen LogP contribution in [0.2, 0.25) is 0 Å². The van der Waals surface area contributed by atoms with E-state index in [4.69, 9.17) is 0 Å². The minimum atomic E-state index is 0.254. The molecule has 0 aromatic heterocycles. The van der Waals surface area contributed by atoms with Gasteiger partial charge in [0.2, 0.25) is 0 Å². The van der Waals surface area contributed by atoms with Crippen molar-refractivity contribution in [1.82, 2.24) is 15.1 Å². The lowest BCUT2D eigenvalue weighted by atomic mass is 10.1. The van der Waals surface area contributed by atoms with Crippen molar-refractivity contribution in [2.24, 2.45) is 0 Å². The summed E-state index contributed by atoms with van der Waals surface area (Å²) in [7, 11) is 0. The van der Waals surface area contributed by atoms with Crippen LogP contribution in [0.1, 0.15) is 34.1 Å². The molecule has 0 bridgehead atoms. The van der Waals surface area contributed by atoms with E-state index >= 15 is 0 Å². The molecule has 3 nitrogen and oxygen atoms in total. The van der Waals surface area contributed by atoms with Crippen LogP contribution in [0.25, 0.3) is 0 Å². The molecule has 0 spiro atoms. The molecule has 0 saturated carbocycles. The molecule has 0 aromatic rings. The predicted octanol–water partition coefficient (Wildman–Crippen LogP) is 1.40. The molecule has 0 amide bonds. The largest absolute Gasteiger partial charge is 0.311 e. The number of rotatable bonds is 5. The number of nitrogens with one attached hydrogen (secondary N) is 1. The highest BCUT2D eigenvalue weighted by Gasteiger charge is 2.16. The van der Waals surface area contributed by atoms with Crippen molar-refractivity contribution in [3.8, 4) is 0 Å². The second-order valence-electron chi connectivity index (χ2n) is 5.86. The summed E-state index contributed by atoms with van der Waals surface area (Å²) in [6.07, 6.45) is 1.28. The standard InChI is InChI=1S/C13H29N3/c1-5-7-15-9-11-16(12-10-15)8-6-14-13(2,3)4/h14H,5-12H2,1-4H3. The maximum absolute atomic E-state index is 3.55. The van der Waals surface area contributed by atoms with Crippen molar-refractivity contribution in [3.63, 3.8) is 0 Å². The molecule has 0 atom stereocenters. The Morgan fingerprint density at radius 3 is 1.88 bits per heavy atom. The molecule has 3 heteroatoms. The van der Waals surface area contributed by atoms with Crippen LogP contribution < -0.4 is 5.32 Å². The number of piperazine rings is 1. The molecule has 16 heavy (non-hydrogen) atoms. The lowest BCUT2D eigenvalue weighted by Gasteiger charge is -2.35. The summed E-state index contributed by atoms with van der Waals surface area (Å²) in [4.78, 5) is 5.15. The molecule has 0 unspecified atom stereocenters. The molecule has 1 aliphatic rings. The van der Waals surface area contributed by atoms with Gasteiger partial charge in [0.25, 0.3) is 0 Å². The van der Waals surface area contributed by atoms with Crippen molar-refractivity contribution in [3.05, 3.63) is 0 Å². The van der Waals surface area contributed by atoms with Gasteiger partial charge in [0.1, 0.15) is 0 Å². The van der Waals surface area contributed by atoms with Gasteiger partial charge in [-0.3, -0.25) is 4.90 Å². The first-order valence-electron chi connectivity index (χ1n) is 6.71. The van der Waals surface area contributed by atoms with E-state index < -0.39 is 0 Å². The van der Waals surface area contributed by atoms with Gasteiger partial charge in [0.05, 0.1) is 0 Å². The summed E-state index contributed by atoms with van der Waals surface area (Å²) in [5, 5.41) is 3.55. The number of hydrogen-bond donors (Lipinski definition) is 1. The van der Waals surface area contributed by atoms with Gasteiger partial charge in [0, 0.05) is 44.8 Å². The fraction of sp³-hybridized carbons (Fsp3) is 1.00. The summed E-state index contributed by atoms with van der Waals surface area (Å²) in [5.41, 5.74) is 0.254. The zero-order valence-electron chi connectivity index (χ0n) is 11.6. The Hall–Kier alpha value is -0.120. The van der Waals surface area contributed by atoms with Crippen LogP contribution >= 0.6 is 0 Å². The van der Waals surface area contributed by atoms with Crippen LogP contribution in [0.4, 0.5) is 0 Å². The number of nitrogens with zero attached hydrogens (tertiary/aromatic N) is 2. The lowest BCUT2D eigenvalue weighted by Crippen LogP contribution is -2.49. The molecule has 0 aromatic carbocycles. The SMILES string of the molecule is CCCN1CCN(CCNC(C)(C)C)CC1. The van der Waals surface area contributed by atoms with E-state index in [2.05, 4.69) is 42.8 Å². The highest BCUT2D eigenvalue weighted by molar-refractivity contribution is 4.75. The van der Waals surface area contributed by atoms with Gasteiger partial charge < -0.3 is 10.2 Å². The molecule has 1 rings (SSSR count). The fourth-order valence-electron chi connectivity index (χ4n) is 2.14. The molecule has 96 valence electrons. The molecule has 1 aliphatic heterocycles. The van der Waals surface area contributed by atoms with E-state index in [1.807, 2.05) is 0 Å². The molecule has 1 fully saturated rings. The molecular formula is C13H29N3. The lowest BCUT2D eigenvalue weighted by molar-refractivity contribution is 0.131. The third kappa shape index (κ3) is 5.83. The normalized spacial score (nSPS) is 20.2. The Labute approximate surface area is 101 Å². The quantitative estimate of drug-likeness (QED) is 0.766.